The number of methoxy groups -OCH3 is 1. The molecule has 1 rings (SSSR count). The Bertz CT molecular complexity index is 510. The van der Waals surface area contributed by atoms with Crippen LogP contribution in [-0.4, -0.2) is 39.4 Å². The van der Waals surface area contributed by atoms with Gasteiger partial charge in [-0.15, -0.1) is 0 Å². The van der Waals surface area contributed by atoms with E-state index in [4.69, 9.17) is 4.74 Å². The van der Waals surface area contributed by atoms with Gasteiger partial charge in [0.1, 0.15) is 5.75 Å². The maximum Gasteiger partial charge on any atom is 0.390 e. The van der Waals surface area contributed by atoms with E-state index in [0.29, 0.717) is 12.5 Å². The van der Waals surface area contributed by atoms with Crippen LogP contribution >= 0.6 is 0 Å². The smallest absolute Gasteiger partial charge is 0.390 e. The standard InChI is InChI=1S/C16H24F3N3O/c1-15(2,12-5-7-13(23-4)8-6-12)11-22-14(20-3)21-10-9-16(17,18)19/h5-8H,9-11H2,1-4H3,(H2,20,21,22). The summed E-state index contributed by atoms with van der Waals surface area (Å²) in [4.78, 5) is 3.94. The van der Waals surface area contributed by atoms with Crippen LogP contribution in [0.4, 0.5) is 13.2 Å². The number of hydrogen-bond donors (Lipinski definition) is 2. The molecule has 0 spiro atoms. The van der Waals surface area contributed by atoms with Crippen molar-refractivity contribution in [3.63, 3.8) is 0 Å². The maximum absolute atomic E-state index is 12.2. The summed E-state index contributed by atoms with van der Waals surface area (Å²) in [6.45, 7) is 4.42. The highest BCUT2D eigenvalue weighted by Crippen LogP contribution is 2.24. The summed E-state index contributed by atoms with van der Waals surface area (Å²) in [5.41, 5.74) is 0.880. The minimum Gasteiger partial charge on any atom is -0.497 e. The maximum atomic E-state index is 12.2. The molecule has 0 saturated carbocycles. The normalized spacial score (nSPS) is 12.9. The molecule has 0 radical (unpaired) electrons. The second-order valence-corrected chi connectivity index (χ2v) is 5.83. The molecule has 0 saturated heterocycles. The van der Waals surface area contributed by atoms with Gasteiger partial charge in [-0.3, -0.25) is 4.99 Å². The third-order valence-corrected chi connectivity index (χ3v) is 3.49. The van der Waals surface area contributed by atoms with E-state index in [9.17, 15) is 13.2 Å². The average Bonchev–Trinajstić information content (AvgIpc) is 2.49. The number of nitrogens with one attached hydrogen (secondary N) is 2. The van der Waals surface area contributed by atoms with Gasteiger partial charge < -0.3 is 15.4 Å². The SMILES string of the molecule is CN=C(NCCC(F)(F)F)NCC(C)(C)c1ccc(OC)cc1. The van der Waals surface area contributed by atoms with Crippen LogP contribution in [0.2, 0.25) is 0 Å². The van der Waals surface area contributed by atoms with Crippen LogP contribution in [-0.2, 0) is 5.41 Å². The molecule has 4 nitrogen and oxygen atoms in total. The van der Waals surface area contributed by atoms with Crippen LogP contribution in [0.25, 0.3) is 0 Å². The molecule has 0 aliphatic carbocycles. The molecule has 23 heavy (non-hydrogen) atoms. The van der Waals surface area contributed by atoms with E-state index < -0.39 is 12.6 Å². The summed E-state index contributed by atoms with van der Waals surface area (Å²) in [6.07, 6.45) is -5.07. The van der Waals surface area contributed by atoms with E-state index in [1.54, 1.807) is 7.11 Å². The topological polar surface area (TPSA) is 45.7 Å². The van der Waals surface area contributed by atoms with E-state index in [0.717, 1.165) is 11.3 Å². The lowest BCUT2D eigenvalue weighted by Crippen LogP contribution is -2.44. The second-order valence-electron chi connectivity index (χ2n) is 5.83. The van der Waals surface area contributed by atoms with Gasteiger partial charge in [0.15, 0.2) is 5.96 Å². The van der Waals surface area contributed by atoms with Crippen LogP contribution in [0.5, 0.6) is 5.75 Å². The first-order valence-corrected chi connectivity index (χ1v) is 7.34. The summed E-state index contributed by atoms with van der Waals surface area (Å²) < 4.78 is 41.6. The minimum absolute atomic E-state index is 0.202. The predicted molar refractivity (Wildman–Crippen MR) is 86.1 cm³/mol. The van der Waals surface area contributed by atoms with Crippen molar-refractivity contribution in [3.8, 4) is 5.75 Å². The van der Waals surface area contributed by atoms with Crippen LogP contribution in [0.3, 0.4) is 0 Å². The number of alkyl halides is 3. The van der Waals surface area contributed by atoms with Gasteiger partial charge in [-0.1, -0.05) is 26.0 Å². The van der Waals surface area contributed by atoms with E-state index >= 15 is 0 Å². The second kappa shape index (κ2) is 8.08. The monoisotopic (exact) mass is 331 g/mol. The Morgan fingerprint density at radius 3 is 2.22 bits per heavy atom. The van der Waals surface area contributed by atoms with Gasteiger partial charge in [0.05, 0.1) is 13.5 Å². The summed E-state index contributed by atoms with van der Waals surface area (Å²) >= 11 is 0. The number of nitrogens with zero attached hydrogens (tertiary/aromatic N) is 1. The van der Waals surface area contributed by atoms with Gasteiger partial charge in [-0.25, -0.2) is 0 Å². The summed E-state index contributed by atoms with van der Waals surface area (Å²) in [5, 5.41) is 5.73. The van der Waals surface area contributed by atoms with Crippen molar-refractivity contribution >= 4 is 5.96 Å². The number of aliphatic imine (C=N–C) groups is 1. The number of halogens is 3. The quantitative estimate of drug-likeness (QED) is 0.622. The Balaban J connectivity index is 2.55. The zero-order valence-electron chi connectivity index (χ0n) is 13.9. The fraction of sp³-hybridized carbons (Fsp3) is 0.562. The van der Waals surface area contributed by atoms with Gasteiger partial charge in [-0.2, -0.15) is 13.2 Å². The fourth-order valence-electron chi connectivity index (χ4n) is 1.99. The van der Waals surface area contributed by atoms with Gasteiger partial charge in [0.2, 0.25) is 0 Å². The number of ether oxygens (including phenoxy) is 1. The van der Waals surface area contributed by atoms with Crippen LogP contribution in [0.15, 0.2) is 29.3 Å². The lowest BCUT2D eigenvalue weighted by Gasteiger charge is -2.27. The summed E-state index contributed by atoms with van der Waals surface area (Å²) in [7, 11) is 3.14. The van der Waals surface area contributed by atoms with Crippen LogP contribution in [0, 0.1) is 0 Å². The molecule has 130 valence electrons. The Morgan fingerprint density at radius 1 is 1.13 bits per heavy atom. The lowest BCUT2D eigenvalue weighted by molar-refractivity contribution is -0.132. The average molecular weight is 331 g/mol. The first kappa shape index (κ1) is 19.1. The molecule has 0 fully saturated rings. The zero-order chi connectivity index (χ0) is 17.5. The molecule has 2 N–H and O–H groups in total. The zero-order valence-corrected chi connectivity index (χ0v) is 13.9. The van der Waals surface area contributed by atoms with E-state index in [2.05, 4.69) is 15.6 Å². The van der Waals surface area contributed by atoms with Gasteiger partial charge in [0, 0.05) is 25.6 Å². The van der Waals surface area contributed by atoms with Crippen molar-refractivity contribution < 1.29 is 17.9 Å². The van der Waals surface area contributed by atoms with Crippen molar-refractivity contribution in [3.05, 3.63) is 29.8 Å². The highest BCUT2D eigenvalue weighted by molar-refractivity contribution is 5.79. The lowest BCUT2D eigenvalue weighted by atomic mass is 9.84. The molecule has 0 amide bonds. The summed E-state index contributed by atoms with van der Waals surface area (Å²) in [5.74, 6) is 1.14. The van der Waals surface area contributed by atoms with E-state index in [1.165, 1.54) is 7.05 Å². The van der Waals surface area contributed by atoms with Crippen molar-refractivity contribution in [2.45, 2.75) is 31.9 Å². The number of hydrogen-bond acceptors (Lipinski definition) is 2. The highest BCUT2D eigenvalue weighted by atomic mass is 19.4. The predicted octanol–water partition coefficient (Wildman–Crippen LogP) is 3.09. The molecule has 7 heteroatoms. The number of benzene rings is 1. The molecule has 0 aliphatic heterocycles. The Kier molecular flexibility index (Phi) is 6.72. The molecule has 1 aromatic carbocycles. The van der Waals surface area contributed by atoms with Crippen molar-refractivity contribution in [2.24, 2.45) is 4.99 Å². The third-order valence-electron chi connectivity index (χ3n) is 3.49. The van der Waals surface area contributed by atoms with Crippen molar-refractivity contribution in [1.82, 2.24) is 10.6 Å². The molecule has 0 aromatic heterocycles. The number of rotatable bonds is 6. The largest absolute Gasteiger partial charge is 0.497 e. The molecule has 0 aliphatic rings. The number of guanidine groups is 1. The van der Waals surface area contributed by atoms with Crippen LogP contribution in [0.1, 0.15) is 25.8 Å². The third kappa shape index (κ3) is 6.80. The van der Waals surface area contributed by atoms with Crippen LogP contribution < -0.4 is 15.4 Å². The van der Waals surface area contributed by atoms with E-state index in [-0.39, 0.29) is 12.0 Å². The van der Waals surface area contributed by atoms with Gasteiger partial charge >= 0.3 is 6.18 Å². The fourth-order valence-corrected chi connectivity index (χ4v) is 1.99. The van der Waals surface area contributed by atoms with Crippen molar-refractivity contribution in [1.29, 1.82) is 0 Å². The first-order valence-electron chi connectivity index (χ1n) is 7.34. The Labute approximate surface area is 135 Å². The van der Waals surface area contributed by atoms with E-state index in [1.807, 2.05) is 38.1 Å². The molecule has 0 atom stereocenters. The molecule has 0 bridgehead atoms. The molecular formula is C16H24F3N3O. The van der Waals surface area contributed by atoms with Gasteiger partial charge in [0.25, 0.3) is 0 Å². The first-order chi connectivity index (χ1) is 10.7. The molecule has 1 aromatic rings. The molecule has 0 unspecified atom stereocenters. The molecule has 0 heterocycles. The molecular weight excluding hydrogens is 307 g/mol. The van der Waals surface area contributed by atoms with Crippen molar-refractivity contribution in [2.75, 3.05) is 27.2 Å². The Morgan fingerprint density at radius 2 is 1.74 bits per heavy atom. The minimum atomic E-state index is -4.17. The van der Waals surface area contributed by atoms with Gasteiger partial charge in [-0.05, 0) is 17.7 Å². The summed E-state index contributed by atoms with van der Waals surface area (Å²) in [6, 6.07) is 7.71. The highest BCUT2D eigenvalue weighted by Gasteiger charge is 2.26. The Hall–Kier alpha value is -1.92.